The van der Waals surface area contributed by atoms with Gasteiger partial charge in [-0.25, -0.2) is 0 Å². The van der Waals surface area contributed by atoms with Crippen molar-refractivity contribution in [2.75, 3.05) is 0 Å². The van der Waals surface area contributed by atoms with Crippen molar-refractivity contribution in [2.45, 2.75) is 0.889 Å². The average molecular weight is 306 g/mol. The summed E-state index contributed by atoms with van der Waals surface area (Å²) in [5.74, 6) is 0. The molecule has 0 aromatic heterocycles. The Bertz CT molecular complexity index is 327. The summed E-state index contributed by atoms with van der Waals surface area (Å²) >= 11 is -0.853. The summed E-state index contributed by atoms with van der Waals surface area (Å²) in [5, 5.41) is 0. The van der Waals surface area contributed by atoms with Crippen molar-refractivity contribution in [1.82, 2.24) is 0 Å². The zero-order valence-electron chi connectivity index (χ0n) is 8.19. The zero-order chi connectivity index (χ0) is 9.64. The number of hydrogen-bond donors (Lipinski definition) is 0. The molecule has 0 aliphatic carbocycles. The average Bonchev–Trinajstić information content (AvgIpc) is 2.29. The van der Waals surface area contributed by atoms with E-state index >= 15 is 0 Å². The molecule has 0 aliphatic heterocycles. The van der Waals surface area contributed by atoms with Crippen LogP contribution in [0.15, 0.2) is 60.7 Å². The SMILES string of the molecule is c1ccc([CH2][Ba][c]2ccccc2)cc1. The van der Waals surface area contributed by atoms with Crippen LogP contribution in [0.25, 0.3) is 0 Å². The minimum atomic E-state index is -0.853. The topological polar surface area (TPSA) is 0 Å². The van der Waals surface area contributed by atoms with Crippen LogP contribution in [0.5, 0.6) is 0 Å². The summed E-state index contributed by atoms with van der Waals surface area (Å²) in [4.78, 5) is 0. The van der Waals surface area contributed by atoms with E-state index in [0.29, 0.717) is 0 Å². The number of hydrogen-bond acceptors (Lipinski definition) is 0. The third kappa shape index (κ3) is 3.30. The van der Waals surface area contributed by atoms with Crippen LogP contribution in [0, 0.1) is 0 Å². The molecule has 0 aliphatic rings. The molecule has 0 fully saturated rings. The second kappa shape index (κ2) is 5.79. The van der Waals surface area contributed by atoms with Gasteiger partial charge in [0.15, 0.2) is 0 Å². The van der Waals surface area contributed by atoms with Crippen LogP contribution in [-0.2, 0) is 0.889 Å². The number of rotatable bonds is 3. The van der Waals surface area contributed by atoms with Gasteiger partial charge in [0.2, 0.25) is 0 Å². The van der Waals surface area contributed by atoms with Crippen molar-refractivity contribution in [3.63, 3.8) is 0 Å². The van der Waals surface area contributed by atoms with Crippen LogP contribution < -0.4 is 0.0314 Å². The van der Waals surface area contributed by atoms with E-state index in [-0.39, 0.29) is 0 Å². The molecule has 0 bridgehead atoms. The Morgan fingerprint density at radius 2 is 1.29 bits per heavy atom. The number of benzene rings is 2. The predicted molar refractivity (Wildman–Crippen MR) is 62.0 cm³/mol. The van der Waals surface area contributed by atoms with E-state index in [1.54, 1.807) is 0.0314 Å². The maximum absolute atomic E-state index is 2.28. The first kappa shape index (κ1) is 10.5. The molecule has 14 heavy (non-hydrogen) atoms. The third-order valence-corrected chi connectivity index (χ3v) is 8.28. The first-order valence-corrected chi connectivity index (χ1v) is 10.4. The van der Waals surface area contributed by atoms with E-state index in [1.807, 2.05) is 0 Å². The van der Waals surface area contributed by atoms with Crippen LogP contribution in [0.1, 0.15) is 5.56 Å². The molecule has 2 rings (SSSR count). The zero-order valence-corrected chi connectivity index (χ0v) is 12.6. The van der Waals surface area contributed by atoms with Crippen molar-refractivity contribution in [3.8, 4) is 0 Å². The summed E-state index contributed by atoms with van der Waals surface area (Å²) < 4.78 is 2.99. The molecule has 1 heteroatoms. The fourth-order valence-corrected chi connectivity index (χ4v) is 6.34. The van der Waals surface area contributed by atoms with E-state index in [0.717, 1.165) is 0 Å². The Labute approximate surface area is 110 Å². The van der Waals surface area contributed by atoms with Crippen LogP contribution in [0.3, 0.4) is 0 Å². The minimum absolute atomic E-state index is 0.853. The van der Waals surface area contributed by atoms with Gasteiger partial charge in [0.05, 0.1) is 0 Å². The predicted octanol–water partition coefficient (Wildman–Crippen LogP) is 2.22. The van der Waals surface area contributed by atoms with Gasteiger partial charge >= 0.3 is 111 Å². The summed E-state index contributed by atoms with van der Waals surface area (Å²) in [6, 6.07) is 21.8. The molecular formula is C13H12Ba. The van der Waals surface area contributed by atoms with Gasteiger partial charge in [-0.15, -0.1) is 0 Å². The quantitative estimate of drug-likeness (QED) is 0.763. The molecule has 0 spiro atoms. The molecule has 66 valence electrons. The van der Waals surface area contributed by atoms with Gasteiger partial charge in [-0.1, -0.05) is 0 Å². The van der Waals surface area contributed by atoms with Gasteiger partial charge in [-0.2, -0.15) is 0 Å². The van der Waals surface area contributed by atoms with Crippen molar-refractivity contribution in [3.05, 3.63) is 66.2 Å². The Morgan fingerprint density at radius 1 is 0.714 bits per heavy atom. The van der Waals surface area contributed by atoms with Gasteiger partial charge in [0, 0.05) is 0 Å². The summed E-state index contributed by atoms with van der Waals surface area (Å²) in [7, 11) is 0. The van der Waals surface area contributed by atoms with Crippen molar-refractivity contribution < 1.29 is 0 Å². The van der Waals surface area contributed by atoms with Crippen molar-refractivity contribution in [1.29, 1.82) is 0 Å². The summed E-state index contributed by atoms with van der Waals surface area (Å²) in [5.41, 5.74) is 1.51. The summed E-state index contributed by atoms with van der Waals surface area (Å²) in [6.07, 6.45) is 0. The molecule has 0 atom stereocenters. The van der Waals surface area contributed by atoms with E-state index in [4.69, 9.17) is 0 Å². The summed E-state index contributed by atoms with van der Waals surface area (Å²) in [6.45, 7) is 0. The van der Waals surface area contributed by atoms with Crippen LogP contribution in [0.4, 0.5) is 0 Å². The Hall–Kier alpha value is 0.0114. The van der Waals surface area contributed by atoms with E-state index in [9.17, 15) is 0 Å². The normalized spacial score (nSPS) is 9.43. The van der Waals surface area contributed by atoms with E-state index < -0.39 is 44.2 Å². The van der Waals surface area contributed by atoms with Crippen LogP contribution >= 0.6 is 0 Å². The Balaban J connectivity index is 1.96. The van der Waals surface area contributed by atoms with Gasteiger partial charge in [-0.05, 0) is 0 Å². The van der Waals surface area contributed by atoms with Gasteiger partial charge in [0.1, 0.15) is 0 Å². The molecule has 0 saturated heterocycles. The van der Waals surface area contributed by atoms with Crippen molar-refractivity contribution in [2.24, 2.45) is 0 Å². The Kier molecular flexibility index (Phi) is 4.35. The molecule has 0 amide bonds. The second-order valence-corrected chi connectivity index (χ2v) is 9.18. The standard InChI is InChI=1S/C7H7.C6H5.Ba/c1-7-5-3-2-4-6-7;1-2-4-6-5-3-1;/h2-6H,1H2;1-5H;. The van der Waals surface area contributed by atoms with Gasteiger partial charge in [-0.3, -0.25) is 0 Å². The van der Waals surface area contributed by atoms with Gasteiger partial charge in [0.25, 0.3) is 0 Å². The first-order chi connectivity index (χ1) is 6.95. The molecule has 2 aromatic rings. The van der Waals surface area contributed by atoms with Crippen molar-refractivity contribution >= 4 is 44.2 Å². The van der Waals surface area contributed by atoms with E-state index in [2.05, 4.69) is 60.7 Å². The maximum atomic E-state index is 2.28. The van der Waals surface area contributed by atoms with Crippen LogP contribution in [0.2, 0.25) is 0 Å². The first-order valence-electron chi connectivity index (χ1n) is 5.03. The monoisotopic (exact) mass is 306 g/mol. The molecule has 0 radical (unpaired) electrons. The molecule has 2 aromatic carbocycles. The molecule has 0 heterocycles. The molecule has 0 N–H and O–H groups in total. The van der Waals surface area contributed by atoms with E-state index in [1.165, 1.54) is 6.45 Å². The van der Waals surface area contributed by atoms with Crippen LogP contribution in [-0.4, -0.2) is 44.2 Å². The fraction of sp³-hybridized carbons (Fsp3) is 0.0769. The Morgan fingerprint density at radius 3 is 1.93 bits per heavy atom. The molecule has 0 unspecified atom stereocenters. The second-order valence-electron chi connectivity index (χ2n) is 3.47. The third-order valence-electron chi connectivity index (χ3n) is 2.39. The molecule has 0 saturated carbocycles. The fourth-order valence-electron chi connectivity index (χ4n) is 1.58. The van der Waals surface area contributed by atoms with Gasteiger partial charge < -0.3 is 0 Å². The molecular weight excluding hydrogens is 293 g/mol. The molecule has 0 nitrogen and oxygen atoms in total.